The topological polar surface area (TPSA) is 130 Å². The van der Waals surface area contributed by atoms with Gasteiger partial charge in [0.25, 0.3) is 0 Å². The van der Waals surface area contributed by atoms with Crippen molar-refractivity contribution in [3.8, 4) is 11.5 Å². The van der Waals surface area contributed by atoms with Crippen molar-refractivity contribution in [3.63, 3.8) is 0 Å². The number of halogens is 2. The number of nitrogens with one attached hydrogen (secondary N) is 1. The first-order chi connectivity index (χ1) is 19.3. The van der Waals surface area contributed by atoms with Gasteiger partial charge in [0, 0.05) is 30.6 Å². The van der Waals surface area contributed by atoms with Crippen LogP contribution in [0, 0.1) is 11.6 Å². The number of carbonyl (C=O) groups is 1. The van der Waals surface area contributed by atoms with E-state index in [4.69, 9.17) is 15.2 Å². The third-order valence-corrected chi connectivity index (χ3v) is 6.25. The largest absolute Gasteiger partial charge is 0.493 e. The van der Waals surface area contributed by atoms with Crippen LogP contribution in [0.1, 0.15) is 13.3 Å². The van der Waals surface area contributed by atoms with Gasteiger partial charge in [-0.15, -0.1) is 0 Å². The van der Waals surface area contributed by atoms with E-state index in [-0.39, 0.29) is 25.5 Å². The predicted molar refractivity (Wildman–Crippen MR) is 145 cm³/mol. The maximum absolute atomic E-state index is 14.9. The monoisotopic (exact) mass is 557 g/mol. The fourth-order valence-electron chi connectivity index (χ4n) is 4.43. The van der Waals surface area contributed by atoms with Gasteiger partial charge in [-0.2, -0.15) is 5.10 Å². The Labute approximate surface area is 230 Å². The van der Waals surface area contributed by atoms with Crippen molar-refractivity contribution < 1.29 is 28.2 Å². The summed E-state index contributed by atoms with van der Waals surface area (Å²) in [6.45, 7) is 4.38. The van der Waals surface area contributed by atoms with Gasteiger partial charge in [0.05, 0.1) is 36.6 Å². The predicted octanol–water partition coefficient (Wildman–Crippen LogP) is 1.01. The number of hydrogen-bond acceptors (Lipinski definition) is 9. The summed E-state index contributed by atoms with van der Waals surface area (Å²) in [6.07, 6.45) is 4.02. The second-order valence-corrected chi connectivity index (χ2v) is 9.10. The number of hydrogen-bond donors (Lipinski definition) is 3. The Balaban J connectivity index is 1.74. The highest BCUT2D eigenvalue weighted by atomic mass is 19.2. The second-order valence-electron chi connectivity index (χ2n) is 9.10. The van der Waals surface area contributed by atoms with Crippen molar-refractivity contribution in [1.82, 2.24) is 14.7 Å². The molecule has 4 N–H and O–H groups in total. The maximum atomic E-state index is 14.9. The van der Waals surface area contributed by atoms with Gasteiger partial charge < -0.3 is 30.5 Å². The molecule has 0 atom stereocenters. The summed E-state index contributed by atoms with van der Waals surface area (Å²) in [5.41, 5.74) is 5.75. The summed E-state index contributed by atoms with van der Waals surface area (Å²) in [7, 11) is 1.51. The lowest BCUT2D eigenvalue weighted by molar-refractivity contribution is -0.118. The van der Waals surface area contributed by atoms with E-state index in [9.17, 15) is 18.7 Å². The fraction of sp³-hybridized carbons (Fsp3) is 0.370. The Kier molecular flexibility index (Phi) is 9.51. The first-order valence-corrected chi connectivity index (χ1v) is 12.9. The summed E-state index contributed by atoms with van der Waals surface area (Å²) >= 11 is 0. The number of benzene rings is 2. The number of primary amides is 1. The number of aliphatic hydroxyl groups excluding tert-OH is 1. The van der Waals surface area contributed by atoms with Crippen LogP contribution in [0.2, 0.25) is 0 Å². The maximum Gasteiger partial charge on any atom is 0.239 e. The Morgan fingerprint density at radius 1 is 1.23 bits per heavy atom. The van der Waals surface area contributed by atoms with Crippen molar-refractivity contribution in [3.05, 3.63) is 64.9 Å². The SMILES string of the molecule is CCCN(CCO)CCOc1cc2c(cc1OC)=C(Nc1cnn(CC(N)=O)c1)N(c1cccc(F)c1F)CN=2. The Morgan fingerprint density at radius 2 is 2.05 bits per heavy atom. The number of methoxy groups -OCH3 is 1. The number of amides is 1. The molecule has 2 heterocycles. The van der Waals surface area contributed by atoms with E-state index < -0.39 is 17.5 Å². The summed E-state index contributed by atoms with van der Waals surface area (Å²) in [5.74, 6) is -1.27. The highest BCUT2D eigenvalue weighted by Gasteiger charge is 2.23. The fourth-order valence-corrected chi connectivity index (χ4v) is 4.43. The normalized spacial score (nSPS) is 12.8. The number of nitrogens with two attached hydrogens (primary N) is 1. The number of ether oxygens (including phenoxy) is 2. The number of aromatic nitrogens is 2. The number of rotatable bonds is 14. The van der Waals surface area contributed by atoms with Crippen LogP contribution in [-0.2, 0) is 11.3 Å². The van der Waals surface area contributed by atoms with Crippen LogP contribution in [-0.4, -0.2) is 72.3 Å². The van der Waals surface area contributed by atoms with Crippen LogP contribution in [0.4, 0.5) is 20.2 Å². The van der Waals surface area contributed by atoms with Gasteiger partial charge in [0.2, 0.25) is 5.91 Å². The molecule has 0 bridgehead atoms. The van der Waals surface area contributed by atoms with Crippen molar-refractivity contribution in [2.24, 2.45) is 10.7 Å². The number of fused-ring (bicyclic) bond motifs is 1. The number of anilines is 2. The molecule has 0 unspecified atom stereocenters. The first-order valence-electron chi connectivity index (χ1n) is 12.9. The van der Waals surface area contributed by atoms with Crippen molar-refractivity contribution >= 4 is 23.1 Å². The Bertz CT molecular complexity index is 1460. The number of aliphatic hydroxyl groups is 1. The molecule has 1 aliphatic rings. The zero-order valence-corrected chi connectivity index (χ0v) is 22.4. The second kappa shape index (κ2) is 13.2. The van der Waals surface area contributed by atoms with E-state index >= 15 is 0 Å². The zero-order valence-electron chi connectivity index (χ0n) is 22.4. The standard InChI is InChI=1S/C27H33F2N7O4/c1-3-7-34(8-10-37)9-11-40-24-13-21-19(12-23(24)39-2)27(33-18-14-32-35(15-18)16-25(30)38)36(17-31-21)22-6-4-5-20(28)26(22)29/h4-6,12-15,33,37H,3,7-11,16-17H2,1-2H3,(H2,30,38). The molecule has 0 saturated heterocycles. The van der Waals surface area contributed by atoms with Crippen LogP contribution in [0.3, 0.4) is 0 Å². The molecule has 11 nitrogen and oxygen atoms in total. The molecule has 2 aromatic carbocycles. The molecule has 0 saturated carbocycles. The van der Waals surface area contributed by atoms with Crippen LogP contribution < -0.4 is 36.0 Å². The van der Waals surface area contributed by atoms with Gasteiger partial charge in [-0.3, -0.25) is 19.4 Å². The third kappa shape index (κ3) is 6.66. The molecule has 4 rings (SSSR count). The summed E-state index contributed by atoms with van der Waals surface area (Å²) in [6, 6.07) is 7.37. The Morgan fingerprint density at radius 3 is 2.77 bits per heavy atom. The van der Waals surface area contributed by atoms with Crippen LogP contribution in [0.5, 0.6) is 11.5 Å². The van der Waals surface area contributed by atoms with Crippen LogP contribution in [0.25, 0.3) is 5.82 Å². The molecule has 0 fully saturated rings. The minimum absolute atomic E-state index is 0.0133. The molecule has 1 aliphatic heterocycles. The van der Waals surface area contributed by atoms with E-state index in [1.165, 1.54) is 35.0 Å². The molecule has 0 aliphatic carbocycles. The van der Waals surface area contributed by atoms with Crippen molar-refractivity contribution in [1.29, 1.82) is 0 Å². The van der Waals surface area contributed by atoms with E-state index in [1.54, 1.807) is 18.3 Å². The quantitative estimate of drug-likeness (QED) is 0.268. The van der Waals surface area contributed by atoms with Crippen molar-refractivity contribution in [2.45, 2.75) is 19.9 Å². The smallest absolute Gasteiger partial charge is 0.239 e. The number of carbonyl (C=O) groups excluding carboxylic acids is 1. The van der Waals surface area contributed by atoms with Gasteiger partial charge in [-0.25, -0.2) is 8.78 Å². The minimum Gasteiger partial charge on any atom is -0.493 e. The number of nitrogens with zero attached hydrogens (tertiary/aromatic N) is 5. The molecule has 1 amide bonds. The summed E-state index contributed by atoms with van der Waals surface area (Å²) < 4.78 is 42.1. The summed E-state index contributed by atoms with van der Waals surface area (Å²) in [5, 5.41) is 17.7. The van der Waals surface area contributed by atoms with Gasteiger partial charge in [-0.05, 0) is 31.2 Å². The average Bonchev–Trinajstić information content (AvgIpc) is 3.36. The molecule has 1 aromatic heterocycles. The lowest BCUT2D eigenvalue weighted by Crippen LogP contribution is -2.43. The minimum atomic E-state index is -1.02. The van der Waals surface area contributed by atoms with E-state index in [2.05, 4.69) is 27.2 Å². The molecule has 214 valence electrons. The van der Waals surface area contributed by atoms with Gasteiger partial charge >= 0.3 is 0 Å². The van der Waals surface area contributed by atoms with Gasteiger partial charge in [0.1, 0.15) is 25.6 Å². The molecule has 0 radical (unpaired) electrons. The average molecular weight is 558 g/mol. The molecule has 3 aromatic rings. The first kappa shape index (κ1) is 28.8. The zero-order chi connectivity index (χ0) is 28.6. The lowest BCUT2D eigenvalue weighted by atomic mass is 10.2. The highest BCUT2D eigenvalue weighted by Crippen LogP contribution is 2.28. The van der Waals surface area contributed by atoms with Gasteiger partial charge in [-0.1, -0.05) is 13.0 Å². The van der Waals surface area contributed by atoms with Crippen LogP contribution >= 0.6 is 0 Å². The molecular weight excluding hydrogens is 524 g/mol. The Hall–Kier alpha value is -4.23. The van der Waals surface area contributed by atoms with E-state index in [0.717, 1.165) is 19.0 Å². The molecule has 40 heavy (non-hydrogen) atoms. The van der Waals surface area contributed by atoms with Crippen molar-refractivity contribution in [2.75, 3.05) is 56.8 Å². The molecule has 13 heteroatoms. The van der Waals surface area contributed by atoms with Gasteiger partial charge in [0.15, 0.2) is 23.1 Å². The third-order valence-electron chi connectivity index (χ3n) is 6.25. The van der Waals surface area contributed by atoms with E-state index in [0.29, 0.717) is 53.3 Å². The van der Waals surface area contributed by atoms with Crippen LogP contribution in [0.15, 0.2) is 47.7 Å². The molecular formula is C27H33F2N7O4. The lowest BCUT2D eigenvalue weighted by Gasteiger charge is -2.29. The van der Waals surface area contributed by atoms with E-state index in [1.807, 2.05) is 0 Å². The molecule has 0 spiro atoms. The summed E-state index contributed by atoms with van der Waals surface area (Å²) in [4.78, 5) is 19.5. The highest BCUT2D eigenvalue weighted by molar-refractivity contribution is 5.78.